The van der Waals surface area contributed by atoms with Crippen LogP contribution in [-0.4, -0.2) is 0 Å². The lowest BCUT2D eigenvalue weighted by atomic mass is 9.91. The number of fused-ring (bicyclic) bond motifs is 10. The van der Waals surface area contributed by atoms with Gasteiger partial charge in [0.05, 0.1) is 22.7 Å². The third-order valence-corrected chi connectivity index (χ3v) is 13.9. The molecule has 0 bridgehead atoms. The summed E-state index contributed by atoms with van der Waals surface area (Å²) in [5, 5.41) is 16.5. The van der Waals surface area contributed by atoms with Gasteiger partial charge in [-0.25, -0.2) is 0 Å². The van der Waals surface area contributed by atoms with Crippen molar-refractivity contribution in [2.45, 2.75) is 13.8 Å². The topological polar surface area (TPSA) is 32.8 Å². The van der Waals surface area contributed by atoms with Crippen molar-refractivity contribution in [1.82, 2.24) is 0 Å². The molecule has 0 unspecified atom stereocenters. The Morgan fingerprint density at radius 1 is 0.273 bits per heavy atom. The molecule has 0 fully saturated rings. The number of para-hydroxylation sites is 4. The van der Waals surface area contributed by atoms with Crippen LogP contribution in [0.4, 0.5) is 34.1 Å². The number of hydrogen-bond donors (Lipinski definition) is 0. The predicted octanol–water partition coefficient (Wildman–Crippen LogP) is 18.2. The number of furan rings is 2. The highest BCUT2D eigenvalue weighted by Gasteiger charge is 2.26. The van der Waals surface area contributed by atoms with E-state index in [1.54, 1.807) is 0 Å². The first-order valence-corrected chi connectivity index (χ1v) is 22.7. The second-order valence-corrected chi connectivity index (χ2v) is 17.7. The average molecular weight is 845 g/mol. The average Bonchev–Trinajstić information content (AvgIpc) is 3.97. The van der Waals surface area contributed by atoms with Crippen LogP contribution in [0.25, 0.3) is 97.7 Å². The fourth-order valence-corrected chi connectivity index (χ4v) is 11.1. The molecule has 0 atom stereocenters. The minimum Gasteiger partial charge on any atom is -0.454 e. The molecule has 2 aromatic heterocycles. The van der Waals surface area contributed by atoms with Gasteiger partial charge in [-0.3, -0.25) is 0 Å². The summed E-state index contributed by atoms with van der Waals surface area (Å²) in [5.74, 6) is 0. The molecule has 0 aliphatic heterocycles. The molecule has 66 heavy (non-hydrogen) atoms. The van der Waals surface area contributed by atoms with Crippen LogP contribution in [0.1, 0.15) is 11.1 Å². The zero-order chi connectivity index (χ0) is 43.6. The van der Waals surface area contributed by atoms with E-state index in [4.69, 9.17) is 8.83 Å². The third kappa shape index (κ3) is 5.21. The van der Waals surface area contributed by atoms with E-state index in [1.165, 1.54) is 43.1 Å². The Balaban J connectivity index is 1.03. The number of benzene rings is 12. The summed E-state index contributed by atoms with van der Waals surface area (Å²) in [7, 11) is 0. The number of rotatable bonds is 6. The maximum Gasteiger partial charge on any atom is 0.159 e. The Bertz CT molecular complexity index is 3980. The Morgan fingerprint density at radius 2 is 0.667 bits per heavy atom. The van der Waals surface area contributed by atoms with Gasteiger partial charge in [-0.15, -0.1) is 0 Å². The van der Waals surface area contributed by atoms with Gasteiger partial charge in [-0.1, -0.05) is 146 Å². The molecule has 14 aromatic rings. The van der Waals surface area contributed by atoms with E-state index in [-0.39, 0.29) is 0 Å². The van der Waals surface area contributed by atoms with E-state index in [2.05, 4.69) is 230 Å². The third-order valence-electron chi connectivity index (χ3n) is 13.9. The molecule has 0 aliphatic carbocycles. The van der Waals surface area contributed by atoms with E-state index in [0.29, 0.717) is 0 Å². The van der Waals surface area contributed by atoms with Crippen molar-refractivity contribution in [3.8, 4) is 0 Å². The molecular weight excluding hydrogens is 805 g/mol. The van der Waals surface area contributed by atoms with Crippen molar-refractivity contribution in [3.05, 3.63) is 217 Å². The zero-order valence-corrected chi connectivity index (χ0v) is 36.3. The van der Waals surface area contributed by atoms with Gasteiger partial charge >= 0.3 is 0 Å². The maximum atomic E-state index is 7.02. The monoisotopic (exact) mass is 844 g/mol. The van der Waals surface area contributed by atoms with Crippen LogP contribution in [0.2, 0.25) is 0 Å². The molecule has 2 heterocycles. The first-order valence-electron chi connectivity index (χ1n) is 22.7. The van der Waals surface area contributed by atoms with Gasteiger partial charge in [-0.05, 0) is 129 Å². The molecule has 310 valence electrons. The molecule has 0 spiro atoms. The fraction of sp³-hybridized carbons (Fsp3) is 0.0323. The first kappa shape index (κ1) is 36.8. The largest absolute Gasteiger partial charge is 0.454 e. The quantitative estimate of drug-likeness (QED) is 0.156. The summed E-state index contributed by atoms with van der Waals surface area (Å²) in [5.41, 5.74) is 12.1. The van der Waals surface area contributed by atoms with Crippen LogP contribution in [0.3, 0.4) is 0 Å². The van der Waals surface area contributed by atoms with Gasteiger partial charge in [0.25, 0.3) is 0 Å². The molecule has 12 aromatic carbocycles. The molecule has 0 amide bonds. The minimum absolute atomic E-state index is 0.866. The lowest BCUT2D eigenvalue weighted by Crippen LogP contribution is -2.11. The highest BCUT2D eigenvalue weighted by atomic mass is 16.3. The summed E-state index contributed by atoms with van der Waals surface area (Å²) < 4.78 is 14.0. The Morgan fingerprint density at radius 3 is 1.12 bits per heavy atom. The van der Waals surface area contributed by atoms with Crippen molar-refractivity contribution in [2.75, 3.05) is 9.80 Å². The van der Waals surface area contributed by atoms with Gasteiger partial charge in [0.2, 0.25) is 0 Å². The van der Waals surface area contributed by atoms with Gasteiger partial charge in [0, 0.05) is 43.7 Å². The zero-order valence-electron chi connectivity index (χ0n) is 36.3. The Hall–Kier alpha value is -8.60. The maximum absolute atomic E-state index is 7.02. The standard InChI is InChI=1S/C62H40N2O2/c1-37-35-41-15-9-11-21-45(41)57-49-23-13-25-53(61(49)65-59(37)57)63(43-17-5-3-6-18-43)51-33-29-39-28-32-48-52(34-30-40-27-31-47(51)55(39)56(40)48)64(44-19-7-4-8-20-44)54-26-14-24-50-58-46-22-12-10-16-42(46)36-38(2)60(58)66-62(50)54/h3-36H,1-2H3. The van der Waals surface area contributed by atoms with E-state index >= 15 is 0 Å². The molecule has 14 rings (SSSR count). The number of aryl methyl sites for hydroxylation is 2. The highest BCUT2D eigenvalue weighted by molar-refractivity contribution is 6.29. The molecule has 4 nitrogen and oxygen atoms in total. The van der Waals surface area contributed by atoms with Gasteiger partial charge in [0.15, 0.2) is 11.2 Å². The molecular formula is C62H40N2O2. The molecule has 0 aliphatic rings. The van der Waals surface area contributed by atoms with Crippen LogP contribution in [0.15, 0.2) is 215 Å². The minimum atomic E-state index is 0.866. The Labute approximate surface area is 380 Å². The van der Waals surface area contributed by atoms with Crippen molar-refractivity contribution in [1.29, 1.82) is 0 Å². The number of anilines is 6. The predicted molar refractivity (Wildman–Crippen MR) is 279 cm³/mol. The van der Waals surface area contributed by atoms with Crippen molar-refractivity contribution < 1.29 is 8.83 Å². The van der Waals surface area contributed by atoms with Crippen molar-refractivity contribution >= 4 is 132 Å². The number of hydrogen-bond acceptors (Lipinski definition) is 4. The first-order chi connectivity index (χ1) is 32.6. The number of nitrogens with zero attached hydrogens (tertiary/aromatic N) is 2. The summed E-state index contributed by atoms with van der Waals surface area (Å²) in [4.78, 5) is 4.78. The second-order valence-electron chi connectivity index (χ2n) is 17.7. The van der Waals surface area contributed by atoms with E-state index in [9.17, 15) is 0 Å². The van der Waals surface area contributed by atoms with Crippen LogP contribution >= 0.6 is 0 Å². The second kappa shape index (κ2) is 13.9. The molecule has 0 N–H and O–H groups in total. The normalized spacial score (nSPS) is 12.1. The molecule has 4 heteroatoms. The summed E-state index contributed by atoms with van der Waals surface area (Å²) in [6.07, 6.45) is 0. The van der Waals surface area contributed by atoms with E-state index in [1.807, 2.05) is 0 Å². The van der Waals surface area contributed by atoms with E-state index in [0.717, 1.165) is 99.9 Å². The fourth-order valence-electron chi connectivity index (χ4n) is 11.1. The van der Waals surface area contributed by atoms with Crippen molar-refractivity contribution in [3.63, 3.8) is 0 Å². The lowest BCUT2D eigenvalue weighted by molar-refractivity contribution is 0.666. The van der Waals surface area contributed by atoms with Crippen LogP contribution in [-0.2, 0) is 0 Å². The summed E-state index contributed by atoms with van der Waals surface area (Å²) >= 11 is 0. The highest BCUT2D eigenvalue weighted by Crippen LogP contribution is 2.51. The summed E-state index contributed by atoms with van der Waals surface area (Å²) in [6.45, 7) is 4.30. The van der Waals surface area contributed by atoms with Crippen LogP contribution < -0.4 is 9.80 Å². The smallest absolute Gasteiger partial charge is 0.159 e. The van der Waals surface area contributed by atoms with E-state index < -0.39 is 0 Å². The lowest BCUT2D eigenvalue weighted by Gasteiger charge is -2.29. The molecule has 0 radical (unpaired) electrons. The van der Waals surface area contributed by atoms with Gasteiger partial charge < -0.3 is 18.6 Å². The Kier molecular flexibility index (Phi) is 7.79. The SMILES string of the molecule is Cc1cc2ccccc2c2c1oc1c(N(c3ccccc3)c3ccc4ccc5c(N(c6ccccc6)c6cccc7c6oc6c(C)cc8ccccc8c67)ccc6ccc3c4c65)cccc12. The van der Waals surface area contributed by atoms with Gasteiger partial charge in [0.1, 0.15) is 11.2 Å². The molecule has 0 saturated heterocycles. The van der Waals surface area contributed by atoms with Crippen LogP contribution in [0, 0.1) is 13.8 Å². The van der Waals surface area contributed by atoms with Crippen LogP contribution in [0.5, 0.6) is 0 Å². The molecule has 0 saturated carbocycles. The summed E-state index contributed by atoms with van der Waals surface area (Å²) in [6, 6.07) is 74.6. The van der Waals surface area contributed by atoms with Crippen molar-refractivity contribution in [2.24, 2.45) is 0 Å². The van der Waals surface area contributed by atoms with Gasteiger partial charge in [-0.2, -0.15) is 0 Å².